The molecule has 0 unspecified atom stereocenters. The molecule has 0 bridgehead atoms. The van der Waals surface area contributed by atoms with E-state index in [9.17, 15) is 9.59 Å². The van der Waals surface area contributed by atoms with Crippen LogP contribution in [-0.4, -0.2) is 35.5 Å². The van der Waals surface area contributed by atoms with E-state index in [-0.39, 0.29) is 23.8 Å². The molecule has 1 N–H and O–H groups in total. The molecule has 1 heterocycles. The van der Waals surface area contributed by atoms with E-state index in [0.717, 1.165) is 5.56 Å². The topological polar surface area (TPSA) is 75.4 Å². The Morgan fingerprint density at radius 3 is 2.42 bits per heavy atom. The summed E-state index contributed by atoms with van der Waals surface area (Å²) in [5, 5.41) is 6.26. The van der Waals surface area contributed by atoms with Crippen LogP contribution in [0.25, 0.3) is 6.08 Å². The van der Waals surface area contributed by atoms with Crippen LogP contribution in [0.4, 0.5) is 5.82 Å². The highest BCUT2D eigenvalue weighted by Crippen LogP contribution is 2.22. The molecule has 2 amide bonds. The predicted octanol–water partition coefficient (Wildman–Crippen LogP) is 3.39. The van der Waals surface area contributed by atoms with E-state index >= 15 is 0 Å². The SMILES string of the molecule is Cc1cc(NC(=O)CN(C)C(=O)/C=C/c2ccc(C(C)(C)C)cc2)no1. The second-order valence-corrected chi connectivity index (χ2v) is 7.27. The minimum Gasteiger partial charge on any atom is -0.360 e. The summed E-state index contributed by atoms with van der Waals surface area (Å²) in [6.45, 7) is 8.13. The van der Waals surface area contributed by atoms with Gasteiger partial charge < -0.3 is 14.7 Å². The zero-order valence-corrected chi connectivity index (χ0v) is 15.9. The van der Waals surface area contributed by atoms with Crippen LogP contribution >= 0.6 is 0 Å². The molecule has 138 valence electrons. The summed E-state index contributed by atoms with van der Waals surface area (Å²) >= 11 is 0. The molecule has 0 saturated carbocycles. The standard InChI is InChI=1S/C20H25N3O3/c1-14-12-17(22-26-14)21-18(24)13-23(5)19(25)11-8-15-6-9-16(10-7-15)20(2,3)4/h6-12H,13H2,1-5H3,(H,21,22,24)/b11-8+. The maximum absolute atomic E-state index is 12.2. The van der Waals surface area contributed by atoms with E-state index in [4.69, 9.17) is 4.52 Å². The molecule has 1 aromatic heterocycles. The number of carbonyl (C=O) groups excluding carboxylic acids is 2. The number of hydrogen-bond acceptors (Lipinski definition) is 4. The van der Waals surface area contributed by atoms with Crippen molar-refractivity contribution >= 4 is 23.7 Å². The minimum atomic E-state index is -0.336. The maximum atomic E-state index is 12.2. The predicted molar refractivity (Wildman–Crippen MR) is 102 cm³/mol. The lowest BCUT2D eigenvalue weighted by Crippen LogP contribution is -2.33. The summed E-state index contributed by atoms with van der Waals surface area (Å²) in [5.74, 6) is 0.349. The van der Waals surface area contributed by atoms with Gasteiger partial charge in [-0.3, -0.25) is 9.59 Å². The van der Waals surface area contributed by atoms with Crippen LogP contribution in [0.3, 0.4) is 0 Å². The normalized spacial score (nSPS) is 11.6. The van der Waals surface area contributed by atoms with E-state index in [1.54, 1.807) is 26.1 Å². The second kappa shape index (κ2) is 7.99. The Kier molecular flexibility index (Phi) is 5.97. The Labute approximate surface area is 153 Å². The number of aryl methyl sites for hydroxylation is 1. The Bertz CT molecular complexity index is 798. The molecule has 0 aliphatic heterocycles. The quantitative estimate of drug-likeness (QED) is 0.834. The number of benzene rings is 1. The molecular formula is C20H25N3O3. The van der Waals surface area contributed by atoms with E-state index in [0.29, 0.717) is 11.6 Å². The smallest absolute Gasteiger partial charge is 0.246 e. The largest absolute Gasteiger partial charge is 0.360 e. The average Bonchev–Trinajstić information content (AvgIpc) is 2.96. The monoisotopic (exact) mass is 355 g/mol. The third-order valence-electron chi connectivity index (χ3n) is 3.85. The molecule has 6 heteroatoms. The molecule has 2 rings (SSSR count). The van der Waals surface area contributed by atoms with Gasteiger partial charge in [0.05, 0.1) is 6.54 Å². The number of amides is 2. The van der Waals surface area contributed by atoms with Crippen LogP contribution in [0.15, 0.2) is 40.9 Å². The van der Waals surface area contributed by atoms with Gasteiger partial charge in [-0.1, -0.05) is 50.2 Å². The Morgan fingerprint density at radius 1 is 1.23 bits per heavy atom. The fourth-order valence-electron chi connectivity index (χ4n) is 2.29. The molecule has 6 nitrogen and oxygen atoms in total. The molecule has 0 aliphatic rings. The molecule has 0 aliphatic carbocycles. The number of nitrogens with zero attached hydrogens (tertiary/aromatic N) is 2. The minimum absolute atomic E-state index is 0.0714. The van der Waals surface area contributed by atoms with Gasteiger partial charge in [0.2, 0.25) is 11.8 Å². The van der Waals surface area contributed by atoms with Gasteiger partial charge >= 0.3 is 0 Å². The highest BCUT2D eigenvalue weighted by molar-refractivity contribution is 5.97. The van der Waals surface area contributed by atoms with Crippen molar-refractivity contribution < 1.29 is 14.1 Å². The van der Waals surface area contributed by atoms with Crippen molar-refractivity contribution in [2.45, 2.75) is 33.1 Å². The molecule has 0 spiro atoms. The first-order valence-electron chi connectivity index (χ1n) is 8.42. The van der Waals surface area contributed by atoms with E-state index in [1.807, 2.05) is 12.1 Å². The zero-order chi connectivity index (χ0) is 19.3. The van der Waals surface area contributed by atoms with Crippen LogP contribution in [0.2, 0.25) is 0 Å². The summed E-state index contributed by atoms with van der Waals surface area (Å²) in [4.78, 5) is 25.4. The highest BCUT2D eigenvalue weighted by atomic mass is 16.5. The first kappa shape index (κ1) is 19.4. The number of carbonyl (C=O) groups is 2. The Morgan fingerprint density at radius 2 is 1.88 bits per heavy atom. The maximum Gasteiger partial charge on any atom is 0.246 e. The van der Waals surface area contributed by atoms with Gasteiger partial charge in [-0.05, 0) is 29.5 Å². The van der Waals surface area contributed by atoms with Crippen LogP contribution < -0.4 is 5.32 Å². The van der Waals surface area contributed by atoms with Crippen LogP contribution in [-0.2, 0) is 15.0 Å². The van der Waals surface area contributed by atoms with Crippen molar-refractivity contribution in [1.82, 2.24) is 10.1 Å². The van der Waals surface area contributed by atoms with Crippen LogP contribution in [0.1, 0.15) is 37.7 Å². The van der Waals surface area contributed by atoms with Crippen molar-refractivity contribution in [3.05, 3.63) is 53.3 Å². The third kappa shape index (κ3) is 5.58. The average molecular weight is 355 g/mol. The lowest BCUT2D eigenvalue weighted by atomic mass is 9.87. The summed E-state index contributed by atoms with van der Waals surface area (Å²) in [5.41, 5.74) is 2.26. The van der Waals surface area contributed by atoms with E-state index in [2.05, 4.69) is 43.4 Å². The van der Waals surface area contributed by atoms with Crippen molar-refractivity contribution in [2.75, 3.05) is 18.9 Å². The fraction of sp³-hybridized carbons (Fsp3) is 0.350. The summed E-state index contributed by atoms with van der Waals surface area (Å²) < 4.78 is 4.88. The zero-order valence-electron chi connectivity index (χ0n) is 15.9. The van der Waals surface area contributed by atoms with Crippen molar-refractivity contribution in [3.63, 3.8) is 0 Å². The van der Waals surface area contributed by atoms with E-state index < -0.39 is 0 Å². The Balaban J connectivity index is 1.89. The molecule has 26 heavy (non-hydrogen) atoms. The first-order valence-corrected chi connectivity index (χ1v) is 8.42. The number of hydrogen-bond donors (Lipinski definition) is 1. The molecule has 0 atom stereocenters. The Hall–Kier alpha value is -2.89. The van der Waals surface area contributed by atoms with Gasteiger partial charge in [0.15, 0.2) is 5.82 Å². The summed E-state index contributed by atoms with van der Waals surface area (Å²) in [6.07, 6.45) is 3.20. The molecular weight excluding hydrogens is 330 g/mol. The fourth-order valence-corrected chi connectivity index (χ4v) is 2.29. The van der Waals surface area contributed by atoms with Gasteiger partial charge in [-0.25, -0.2) is 0 Å². The number of likely N-dealkylation sites (N-methyl/N-ethyl adjacent to an activating group) is 1. The van der Waals surface area contributed by atoms with Crippen molar-refractivity contribution in [2.24, 2.45) is 0 Å². The number of rotatable bonds is 5. The number of aromatic nitrogens is 1. The molecule has 2 aromatic rings. The highest BCUT2D eigenvalue weighted by Gasteiger charge is 2.13. The van der Waals surface area contributed by atoms with Crippen molar-refractivity contribution in [3.8, 4) is 0 Å². The van der Waals surface area contributed by atoms with Crippen LogP contribution in [0, 0.1) is 6.92 Å². The number of anilines is 1. The molecule has 1 aromatic carbocycles. The summed E-state index contributed by atoms with van der Waals surface area (Å²) in [6, 6.07) is 9.68. The third-order valence-corrected chi connectivity index (χ3v) is 3.85. The van der Waals surface area contributed by atoms with Gasteiger partial charge in [0.1, 0.15) is 5.76 Å². The molecule has 0 radical (unpaired) electrons. The lowest BCUT2D eigenvalue weighted by Gasteiger charge is -2.18. The summed E-state index contributed by atoms with van der Waals surface area (Å²) in [7, 11) is 1.57. The van der Waals surface area contributed by atoms with Gasteiger partial charge in [0.25, 0.3) is 0 Å². The number of nitrogens with one attached hydrogen (secondary N) is 1. The molecule has 0 saturated heterocycles. The van der Waals surface area contributed by atoms with Gasteiger partial charge in [0, 0.05) is 19.2 Å². The van der Waals surface area contributed by atoms with Gasteiger partial charge in [-0.2, -0.15) is 0 Å². The van der Waals surface area contributed by atoms with Crippen molar-refractivity contribution in [1.29, 1.82) is 0 Å². The van der Waals surface area contributed by atoms with Gasteiger partial charge in [-0.15, -0.1) is 0 Å². The van der Waals surface area contributed by atoms with E-state index in [1.165, 1.54) is 16.5 Å². The first-order chi connectivity index (χ1) is 12.1. The van der Waals surface area contributed by atoms with Crippen LogP contribution in [0.5, 0.6) is 0 Å². The second-order valence-electron chi connectivity index (χ2n) is 7.27. The molecule has 0 fully saturated rings. The lowest BCUT2D eigenvalue weighted by molar-refractivity contribution is -0.129.